The van der Waals surface area contributed by atoms with Crippen molar-refractivity contribution in [1.82, 2.24) is 19.6 Å². The Labute approximate surface area is 197 Å². The van der Waals surface area contributed by atoms with Gasteiger partial charge < -0.3 is 10.3 Å². The van der Waals surface area contributed by atoms with Crippen molar-refractivity contribution < 1.29 is 13.2 Å². The van der Waals surface area contributed by atoms with Gasteiger partial charge in [-0.3, -0.25) is 9.59 Å². The number of aryl methyl sites for hydroxylation is 2. The number of fused-ring (bicyclic) bond motifs is 2. The predicted octanol–water partition coefficient (Wildman–Crippen LogP) is 2.87. The van der Waals surface area contributed by atoms with Gasteiger partial charge >= 0.3 is 0 Å². The molecule has 3 aromatic rings. The number of benzene rings is 1. The minimum atomic E-state index is -3.70. The van der Waals surface area contributed by atoms with Gasteiger partial charge in [0.15, 0.2) is 0 Å². The van der Waals surface area contributed by atoms with Crippen LogP contribution in [0.1, 0.15) is 52.6 Å². The molecule has 0 atom stereocenters. The second kappa shape index (κ2) is 9.74. The van der Waals surface area contributed by atoms with E-state index >= 15 is 0 Å². The molecule has 1 aliphatic rings. The highest BCUT2D eigenvalue weighted by atomic mass is 32.2. The highest BCUT2D eigenvalue weighted by Gasteiger charge is 2.23. The van der Waals surface area contributed by atoms with Gasteiger partial charge in [0, 0.05) is 47.9 Å². The molecule has 0 radical (unpaired) electrons. The molecule has 33 heavy (non-hydrogen) atoms. The summed E-state index contributed by atoms with van der Waals surface area (Å²) < 4.78 is 27.2. The fourth-order valence-electron chi connectivity index (χ4n) is 4.18. The van der Waals surface area contributed by atoms with Crippen LogP contribution in [0.5, 0.6) is 0 Å². The number of sulfonamides is 1. The van der Waals surface area contributed by atoms with E-state index in [1.54, 1.807) is 25.2 Å². The number of nitrogens with zero attached hydrogens (tertiary/aromatic N) is 2. The normalized spacial score (nSPS) is 13.9. The Morgan fingerprint density at radius 3 is 2.67 bits per heavy atom. The van der Waals surface area contributed by atoms with Crippen molar-refractivity contribution in [3.63, 3.8) is 0 Å². The van der Waals surface area contributed by atoms with E-state index in [4.69, 9.17) is 4.98 Å². The summed E-state index contributed by atoms with van der Waals surface area (Å²) in [5, 5.41) is 4.26. The average molecular weight is 489 g/mol. The third-order valence-corrected chi connectivity index (χ3v) is 9.18. The quantitative estimate of drug-likeness (QED) is 0.506. The van der Waals surface area contributed by atoms with Crippen LogP contribution in [0.2, 0.25) is 0 Å². The van der Waals surface area contributed by atoms with E-state index in [-0.39, 0.29) is 10.5 Å². The van der Waals surface area contributed by atoms with E-state index in [9.17, 15) is 18.0 Å². The van der Waals surface area contributed by atoms with Crippen LogP contribution in [0.4, 0.5) is 0 Å². The SMILES string of the molecule is CCN(CC)S(=O)(=O)c1ccc2[nH]c(=O)cc(C(=O)NCCc3nc4c(s3)CCCC4)c2c1. The van der Waals surface area contributed by atoms with Gasteiger partial charge in [0.05, 0.1) is 21.2 Å². The predicted molar refractivity (Wildman–Crippen MR) is 129 cm³/mol. The molecule has 0 spiro atoms. The van der Waals surface area contributed by atoms with Crippen LogP contribution < -0.4 is 10.9 Å². The van der Waals surface area contributed by atoms with Crippen LogP contribution in [-0.4, -0.2) is 48.2 Å². The number of amides is 1. The van der Waals surface area contributed by atoms with Gasteiger partial charge in [0.2, 0.25) is 15.6 Å². The van der Waals surface area contributed by atoms with Crippen molar-refractivity contribution in [2.45, 2.75) is 50.8 Å². The molecule has 2 N–H and O–H groups in total. The first-order valence-electron chi connectivity index (χ1n) is 11.3. The minimum absolute atomic E-state index is 0.0909. The number of H-pyrrole nitrogens is 1. The Kier molecular flexibility index (Phi) is 6.96. The van der Waals surface area contributed by atoms with Crippen molar-refractivity contribution in [1.29, 1.82) is 0 Å². The molecule has 2 heterocycles. The van der Waals surface area contributed by atoms with Crippen LogP contribution >= 0.6 is 11.3 Å². The number of aromatic amines is 1. The minimum Gasteiger partial charge on any atom is -0.352 e. The number of rotatable bonds is 8. The summed E-state index contributed by atoms with van der Waals surface area (Å²) in [7, 11) is -3.70. The van der Waals surface area contributed by atoms with Crippen LogP contribution in [0.3, 0.4) is 0 Å². The first kappa shape index (κ1) is 23.6. The average Bonchev–Trinajstić information content (AvgIpc) is 3.21. The lowest BCUT2D eigenvalue weighted by atomic mass is 10.0. The molecule has 8 nitrogen and oxygen atoms in total. The number of carbonyl (C=O) groups is 1. The second-order valence-corrected chi connectivity index (χ2v) is 11.1. The van der Waals surface area contributed by atoms with Crippen molar-refractivity contribution >= 4 is 38.2 Å². The molecule has 1 amide bonds. The molecule has 4 rings (SSSR count). The molecule has 0 fully saturated rings. The summed E-state index contributed by atoms with van der Waals surface area (Å²) in [5.74, 6) is -0.412. The van der Waals surface area contributed by atoms with E-state index in [2.05, 4.69) is 10.3 Å². The second-order valence-electron chi connectivity index (χ2n) is 8.03. The maximum absolute atomic E-state index is 13.0. The lowest BCUT2D eigenvalue weighted by Crippen LogP contribution is -2.30. The highest BCUT2D eigenvalue weighted by molar-refractivity contribution is 7.89. The molecule has 0 aliphatic heterocycles. The van der Waals surface area contributed by atoms with Gasteiger partial charge in [-0.1, -0.05) is 13.8 Å². The van der Waals surface area contributed by atoms with Crippen LogP contribution in [0.25, 0.3) is 10.9 Å². The van der Waals surface area contributed by atoms with Crippen LogP contribution in [-0.2, 0) is 29.3 Å². The fourth-order valence-corrected chi connectivity index (χ4v) is 6.83. The molecule has 1 aliphatic carbocycles. The Balaban J connectivity index is 1.57. The molecule has 0 saturated carbocycles. The number of pyridine rings is 1. The summed E-state index contributed by atoms with van der Waals surface area (Å²) in [4.78, 5) is 33.9. The Morgan fingerprint density at radius 2 is 1.94 bits per heavy atom. The Bertz CT molecular complexity index is 1320. The van der Waals surface area contributed by atoms with Crippen molar-refractivity contribution in [2.24, 2.45) is 0 Å². The lowest BCUT2D eigenvalue weighted by molar-refractivity contribution is 0.0955. The van der Waals surface area contributed by atoms with E-state index in [1.807, 2.05) is 0 Å². The monoisotopic (exact) mass is 488 g/mol. The standard InChI is InChI=1S/C23H28N4O4S2/c1-3-27(4-2)33(30,31)15-9-10-18-16(13-15)17(14-21(28)25-18)23(29)24-12-11-22-26-19-7-5-6-8-20(19)32-22/h9-10,13-14H,3-8,11-12H2,1-2H3,(H,24,29)(H,25,28). The third kappa shape index (κ3) is 4.87. The highest BCUT2D eigenvalue weighted by Crippen LogP contribution is 2.27. The zero-order valence-corrected chi connectivity index (χ0v) is 20.4. The summed E-state index contributed by atoms with van der Waals surface area (Å²) in [6, 6.07) is 5.66. The number of nitrogens with one attached hydrogen (secondary N) is 2. The Morgan fingerprint density at radius 1 is 1.18 bits per heavy atom. The molecule has 0 unspecified atom stereocenters. The molecular weight excluding hydrogens is 460 g/mol. The topological polar surface area (TPSA) is 112 Å². The Hall–Kier alpha value is -2.56. The van der Waals surface area contributed by atoms with Gasteiger partial charge in [0.25, 0.3) is 5.91 Å². The van der Waals surface area contributed by atoms with Gasteiger partial charge in [-0.2, -0.15) is 4.31 Å². The smallest absolute Gasteiger partial charge is 0.252 e. The largest absolute Gasteiger partial charge is 0.352 e. The summed E-state index contributed by atoms with van der Waals surface area (Å²) in [6.45, 7) is 4.62. The van der Waals surface area contributed by atoms with Gasteiger partial charge in [-0.15, -0.1) is 11.3 Å². The number of hydrogen-bond acceptors (Lipinski definition) is 6. The van der Waals surface area contributed by atoms with Crippen molar-refractivity contribution in [2.75, 3.05) is 19.6 Å². The zero-order chi connectivity index (χ0) is 23.6. The number of aromatic nitrogens is 2. The molecule has 0 saturated heterocycles. The summed E-state index contributed by atoms with van der Waals surface area (Å²) >= 11 is 1.71. The van der Waals surface area contributed by atoms with Crippen molar-refractivity contribution in [3.8, 4) is 0 Å². The number of carbonyl (C=O) groups excluding carboxylic acids is 1. The summed E-state index contributed by atoms with van der Waals surface area (Å²) in [5.41, 5.74) is 1.34. The van der Waals surface area contributed by atoms with E-state index < -0.39 is 21.5 Å². The van der Waals surface area contributed by atoms with E-state index in [0.29, 0.717) is 37.0 Å². The fraction of sp³-hybridized carbons (Fsp3) is 0.435. The van der Waals surface area contributed by atoms with Gasteiger partial charge in [-0.05, 0) is 43.9 Å². The van der Waals surface area contributed by atoms with Gasteiger partial charge in [-0.25, -0.2) is 13.4 Å². The molecule has 10 heteroatoms. The lowest BCUT2D eigenvalue weighted by Gasteiger charge is -2.19. The molecule has 0 bridgehead atoms. The molecule has 1 aromatic carbocycles. The first-order chi connectivity index (χ1) is 15.8. The third-order valence-electron chi connectivity index (χ3n) is 5.92. The molecule has 2 aromatic heterocycles. The van der Waals surface area contributed by atoms with Crippen molar-refractivity contribution in [3.05, 3.63) is 55.8 Å². The number of hydrogen-bond donors (Lipinski definition) is 2. The van der Waals surface area contributed by atoms with Crippen LogP contribution in [0.15, 0.2) is 34.0 Å². The molecular formula is C23H28N4O4S2. The van der Waals surface area contributed by atoms with E-state index in [1.165, 1.54) is 52.0 Å². The maximum atomic E-state index is 13.0. The number of thiazole rings is 1. The molecule has 176 valence electrons. The summed E-state index contributed by atoms with van der Waals surface area (Å²) in [6.07, 6.45) is 5.10. The zero-order valence-electron chi connectivity index (χ0n) is 18.8. The van der Waals surface area contributed by atoms with Crippen LogP contribution in [0, 0.1) is 0 Å². The maximum Gasteiger partial charge on any atom is 0.252 e. The van der Waals surface area contributed by atoms with Gasteiger partial charge in [0.1, 0.15) is 0 Å². The van der Waals surface area contributed by atoms with E-state index in [0.717, 1.165) is 17.8 Å². The first-order valence-corrected chi connectivity index (χ1v) is 13.5.